The molecule has 5 heteroatoms. The molecule has 0 bridgehead atoms. The Kier molecular flexibility index (Phi) is 4.32. The van der Waals surface area contributed by atoms with Gasteiger partial charge in [-0.2, -0.15) is 0 Å². The molecular formula is C20H24FN3O. The third-order valence-electron chi connectivity index (χ3n) is 5.38. The van der Waals surface area contributed by atoms with E-state index in [4.69, 9.17) is 0 Å². The summed E-state index contributed by atoms with van der Waals surface area (Å²) in [6.45, 7) is 4.20. The fourth-order valence-electron chi connectivity index (χ4n) is 3.75. The van der Waals surface area contributed by atoms with Crippen molar-refractivity contribution in [3.63, 3.8) is 0 Å². The van der Waals surface area contributed by atoms with Gasteiger partial charge in [0, 0.05) is 43.5 Å². The zero-order valence-electron chi connectivity index (χ0n) is 14.6. The third-order valence-corrected chi connectivity index (χ3v) is 5.38. The lowest BCUT2D eigenvalue weighted by Gasteiger charge is -2.33. The van der Waals surface area contributed by atoms with Crippen molar-refractivity contribution in [1.29, 1.82) is 0 Å². The first-order valence-electron chi connectivity index (χ1n) is 9.18. The molecule has 1 saturated heterocycles. The van der Waals surface area contributed by atoms with Gasteiger partial charge < -0.3 is 9.47 Å². The van der Waals surface area contributed by atoms with Crippen molar-refractivity contribution >= 4 is 5.91 Å². The van der Waals surface area contributed by atoms with Crippen molar-refractivity contribution in [1.82, 2.24) is 14.5 Å². The summed E-state index contributed by atoms with van der Waals surface area (Å²) in [7, 11) is 0. The number of carbonyl (C=O) groups is 1. The smallest absolute Gasteiger partial charge is 0.253 e. The third kappa shape index (κ3) is 3.46. The second kappa shape index (κ2) is 6.62. The van der Waals surface area contributed by atoms with E-state index >= 15 is 0 Å². The van der Waals surface area contributed by atoms with E-state index in [-0.39, 0.29) is 17.6 Å². The van der Waals surface area contributed by atoms with Gasteiger partial charge in [-0.1, -0.05) is 0 Å². The highest BCUT2D eigenvalue weighted by Crippen LogP contribution is 2.33. The molecule has 4 rings (SSSR count). The predicted molar refractivity (Wildman–Crippen MR) is 94.0 cm³/mol. The summed E-state index contributed by atoms with van der Waals surface area (Å²) in [6, 6.07) is 4.62. The number of piperidine rings is 1. The van der Waals surface area contributed by atoms with E-state index in [0.717, 1.165) is 37.7 Å². The second-order valence-electron chi connectivity index (χ2n) is 7.44. The molecule has 2 aliphatic rings. The average Bonchev–Trinajstić information content (AvgIpc) is 3.32. The fourth-order valence-corrected chi connectivity index (χ4v) is 3.75. The highest BCUT2D eigenvalue weighted by Gasteiger charge is 2.29. The van der Waals surface area contributed by atoms with Gasteiger partial charge >= 0.3 is 0 Å². The second-order valence-corrected chi connectivity index (χ2v) is 7.44. The number of nitrogens with zero attached hydrogens (tertiary/aromatic N) is 3. The minimum atomic E-state index is -0.268. The number of halogens is 1. The van der Waals surface area contributed by atoms with Crippen LogP contribution in [0.2, 0.25) is 0 Å². The molecule has 1 aromatic heterocycles. The van der Waals surface area contributed by atoms with Gasteiger partial charge in [-0.3, -0.25) is 4.79 Å². The number of benzene rings is 1. The molecule has 1 aromatic carbocycles. The van der Waals surface area contributed by atoms with Gasteiger partial charge in [0.25, 0.3) is 5.91 Å². The summed E-state index contributed by atoms with van der Waals surface area (Å²) >= 11 is 0. The monoisotopic (exact) mass is 341 g/mol. The summed E-state index contributed by atoms with van der Waals surface area (Å²) in [5.74, 6) is 1.92. The highest BCUT2D eigenvalue weighted by atomic mass is 19.1. The Balaban J connectivity index is 1.49. The SMILES string of the molecule is Cc1cc(C(=O)N2CCCC(c3nccn3CC3CC3)C2)ccc1F. The van der Waals surface area contributed by atoms with Crippen LogP contribution < -0.4 is 0 Å². The van der Waals surface area contributed by atoms with Crippen LogP contribution in [-0.4, -0.2) is 33.4 Å². The molecule has 25 heavy (non-hydrogen) atoms. The van der Waals surface area contributed by atoms with E-state index in [1.54, 1.807) is 19.1 Å². The summed E-state index contributed by atoms with van der Waals surface area (Å²) in [5, 5.41) is 0. The van der Waals surface area contributed by atoms with Crippen LogP contribution in [-0.2, 0) is 6.54 Å². The number of amides is 1. The Bertz CT molecular complexity index is 781. The maximum absolute atomic E-state index is 13.5. The van der Waals surface area contributed by atoms with E-state index in [0.29, 0.717) is 17.7 Å². The number of hydrogen-bond donors (Lipinski definition) is 0. The Morgan fingerprint density at radius 3 is 2.92 bits per heavy atom. The first-order chi connectivity index (χ1) is 12.1. The molecule has 2 fully saturated rings. The van der Waals surface area contributed by atoms with E-state index in [2.05, 4.69) is 15.7 Å². The number of imidazole rings is 1. The van der Waals surface area contributed by atoms with Gasteiger partial charge in [-0.15, -0.1) is 0 Å². The van der Waals surface area contributed by atoms with Crippen LogP contribution in [0.3, 0.4) is 0 Å². The van der Waals surface area contributed by atoms with E-state index < -0.39 is 0 Å². The molecule has 132 valence electrons. The number of aryl methyl sites for hydroxylation is 1. The van der Waals surface area contributed by atoms with Gasteiger partial charge in [0.2, 0.25) is 0 Å². The molecule has 1 saturated carbocycles. The van der Waals surface area contributed by atoms with E-state index in [1.807, 2.05) is 11.1 Å². The molecule has 2 aromatic rings. The van der Waals surface area contributed by atoms with Crippen LogP contribution in [0.4, 0.5) is 4.39 Å². The zero-order valence-corrected chi connectivity index (χ0v) is 14.6. The molecule has 0 spiro atoms. The first kappa shape index (κ1) is 16.3. The Morgan fingerprint density at radius 2 is 2.16 bits per heavy atom. The summed E-state index contributed by atoms with van der Waals surface area (Å²) in [6.07, 6.45) is 8.62. The number of rotatable bonds is 4. The van der Waals surface area contributed by atoms with Gasteiger partial charge in [0.15, 0.2) is 0 Å². The fraction of sp³-hybridized carbons (Fsp3) is 0.500. The van der Waals surface area contributed by atoms with Crippen LogP contribution in [0.15, 0.2) is 30.6 Å². The Labute approximate surface area is 147 Å². The quantitative estimate of drug-likeness (QED) is 0.849. The maximum atomic E-state index is 13.5. The standard InChI is InChI=1S/C20H24FN3O/c1-14-11-16(6-7-18(14)21)20(25)24-9-2-3-17(13-24)19-22-8-10-23(19)12-15-4-5-15/h6-8,10-11,15,17H,2-5,9,12-13H2,1H3. The van der Waals surface area contributed by atoms with Crippen LogP contribution in [0.1, 0.15) is 53.3 Å². The summed E-state index contributed by atoms with van der Waals surface area (Å²) < 4.78 is 15.7. The van der Waals surface area contributed by atoms with Gasteiger partial charge in [0.1, 0.15) is 11.6 Å². The number of hydrogen-bond acceptors (Lipinski definition) is 2. The van der Waals surface area contributed by atoms with Crippen molar-refractivity contribution in [2.24, 2.45) is 5.92 Å². The Hall–Kier alpha value is -2.17. The van der Waals surface area contributed by atoms with Gasteiger partial charge in [-0.25, -0.2) is 9.37 Å². The number of aromatic nitrogens is 2. The molecule has 2 heterocycles. The lowest BCUT2D eigenvalue weighted by Crippen LogP contribution is -2.39. The van der Waals surface area contributed by atoms with Crippen LogP contribution in [0.5, 0.6) is 0 Å². The first-order valence-corrected chi connectivity index (χ1v) is 9.18. The largest absolute Gasteiger partial charge is 0.338 e. The summed E-state index contributed by atoms with van der Waals surface area (Å²) in [4.78, 5) is 19.3. The van der Waals surface area contributed by atoms with Crippen LogP contribution in [0, 0.1) is 18.7 Å². The van der Waals surface area contributed by atoms with Crippen molar-refractivity contribution in [2.45, 2.75) is 45.1 Å². The predicted octanol–water partition coefficient (Wildman–Crippen LogP) is 3.76. The molecule has 0 radical (unpaired) electrons. The normalized spacial score (nSPS) is 20.7. The van der Waals surface area contributed by atoms with Crippen LogP contribution >= 0.6 is 0 Å². The molecule has 1 amide bonds. The van der Waals surface area contributed by atoms with Crippen molar-refractivity contribution in [3.05, 3.63) is 53.4 Å². The van der Waals surface area contributed by atoms with Gasteiger partial charge in [0.05, 0.1) is 0 Å². The average molecular weight is 341 g/mol. The minimum Gasteiger partial charge on any atom is -0.338 e. The van der Waals surface area contributed by atoms with Crippen molar-refractivity contribution in [2.75, 3.05) is 13.1 Å². The topological polar surface area (TPSA) is 38.1 Å². The van der Waals surface area contributed by atoms with Crippen molar-refractivity contribution < 1.29 is 9.18 Å². The van der Waals surface area contributed by atoms with E-state index in [9.17, 15) is 9.18 Å². The highest BCUT2D eigenvalue weighted by molar-refractivity contribution is 5.94. The molecule has 1 atom stereocenters. The molecule has 1 aliphatic carbocycles. The van der Waals surface area contributed by atoms with Crippen LogP contribution in [0.25, 0.3) is 0 Å². The zero-order chi connectivity index (χ0) is 17.4. The molecule has 1 unspecified atom stereocenters. The molecule has 1 aliphatic heterocycles. The van der Waals surface area contributed by atoms with Crippen molar-refractivity contribution in [3.8, 4) is 0 Å². The van der Waals surface area contributed by atoms with E-state index in [1.165, 1.54) is 18.9 Å². The lowest BCUT2D eigenvalue weighted by atomic mass is 9.96. The Morgan fingerprint density at radius 1 is 1.32 bits per heavy atom. The summed E-state index contributed by atoms with van der Waals surface area (Å²) in [5.41, 5.74) is 1.08. The molecular weight excluding hydrogens is 317 g/mol. The number of carbonyl (C=O) groups excluding carboxylic acids is 1. The molecule has 4 nitrogen and oxygen atoms in total. The maximum Gasteiger partial charge on any atom is 0.253 e. The van der Waals surface area contributed by atoms with Gasteiger partial charge in [-0.05, 0) is 62.3 Å². The number of likely N-dealkylation sites (tertiary alicyclic amines) is 1. The molecule has 0 N–H and O–H groups in total. The lowest BCUT2D eigenvalue weighted by molar-refractivity contribution is 0.0703. The minimum absolute atomic E-state index is 0.00639.